The highest BCUT2D eigenvalue weighted by Crippen LogP contribution is 2.34. The molecule has 3 nitrogen and oxygen atoms in total. The van der Waals surface area contributed by atoms with Crippen LogP contribution in [-0.4, -0.2) is 5.11 Å². The lowest BCUT2D eigenvalue weighted by molar-refractivity contribution is 0.475. The average molecular weight is 322 g/mol. The van der Waals surface area contributed by atoms with Crippen molar-refractivity contribution in [2.45, 2.75) is 41.5 Å². The maximum Gasteiger partial charge on any atom is 0.196 e. The average Bonchev–Trinajstić information content (AvgIpc) is 2.55. The molecule has 0 atom stereocenters. The summed E-state index contributed by atoms with van der Waals surface area (Å²) in [4.78, 5) is 13.0. The van der Waals surface area contributed by atoms with Crippen LogP contribution in [0.3, 0.4) is 0 Å². The molecule has 24 heavy (non-hydrogen) atoms. The van der Waals surface area contributed by atoms with Gasteiger partial charge < -0.3 is 9.52 Å². The Bertz CT molecular complexity index is 1040. The first-order valence-corrected chi connectivity index (χ1v) is 8.07. The summed E-state index contributed by atoms with van der Waals surface area (Å²) in [6, 6.07) is 5.11. The molecule has 3 aromatic rings. The third kappa shape index (κ3) is 2.23. The normalized spacial score (nSPS) is 11.2. The first-order valence-electron chi connectivity index (χ1n) is 8.07. The first kappa shape index (κ1) is 16.3. The third-order valence-corrected chi connectivity index (χ3v) is 5.21. The van der Waals surface area contributed by atoms with Gasteiger partial charge in [-0.2, -0.15) is 0 Å². The molecule has 0 amide bonds. The molecule has 0 unspecified atom stereocenters. The van der Waals surface area contributed by atoms with Crippen LogP contribution in [0.5, 0.6) is 5.75 Å². The molecule has 0 radical (unpaired) electrons. The van der Waals surface area contributed by atoms with Gasteiger partial charge in [0.15, 0.2) is 5.43 Å². The Morgan fingerprint density at radius 1 is 0.833 bits per heavy atom. The van der Waals surface area contributed by atoms with Crippen molar-refractivity contribution in [2.75, 3.05) is 0 Å². The zero-order valence-electron chi connectivity index (χ0n) is 15.0. The lowest BCUT2D eigenvalue weighted by Gasteiger charge is -2.16. The number of aromatic hydroxyl groups is 1. The largest absolute Gasteiger partial charge is 0.508 e. The van der Waals surface area contributed by atoms with E-state index < -0.39 is 0 Å². The Hall–Kier alpha value is -2.55. The van der Waals surface area contributed by atoms with Crippen LogP contribution in [0.4, 0.5) is 0 Å². The summed E-state index contributed by atoms with van der Waals surface area (Å²) in [7, 11) is 0. The Kier molecular flexibility index (Phi) is 3.75. The van der Waals surface area contributed by atoms with Crippen molar-refractivity contribution >= 4 is 11.0 Å². The number of hydrogen-bond acceptors (Lipinski definition) is 3. The maximum absolute atomic E-state index is 13.0. The topological polar surface area (TPSA) is 50.4 Å². The van der Waals surface area contributed by atoms with Crippen LogP contribution in [0.15, 0.2) is 27.4 Å². The van der Waals surface area contributed by atoms with Crippen molar-refractivity contribution in [3.63, 3.8) is 0 Å². The molecule has 0 aliphatic carbocycles. The van der Waals surface area contributed by atoms with E-state index >= 15 is 0 Å². The van der Waals surface area contributed by atoms with E-state index in [2.05, 4.69) is 6.92 Å². The van der Waals surface area contributed by atoms with E-state index in [9.17, 15) is 9.90 Å². The molecule has 1 N–H and O–H groups in total. The van der Waals surface area contributed by atoms with Gasteiger partial charge >= 0.3 is 0 Å². The zero-order valence-corrected chi connectivity index (χ0v) is 15.0. The summed E-state index contributed by atoms with van der Waals surface area (Å²) in [6.45, 7) is 11.8. The van der Waals surface area contributed by atoms with Gasteiger partial charge in [-0.25, -0.2) is 0 Å². The molecule has 0 aliphatic heterocycles. The number of benzene rings is 2. The first-order chi connectivity index (χ1) is 11.2. The minimum Gasteiger partial charge on any atom is -0.508 e. The third-order valence-electron chi connectivity index (χ3n) is 5.21. The van der Waals surface area contributed by atoms with E-state index in [-0.39, 0.29) is 11.2 Å². The second-order valence-electron chi connectivity index (χ2n) is 6.59. The summed E-state index contributed by atoms with van der Waals surface area (Å²) < 4.78 is 6.23. The van der Waals surface area contributed by atoms with E-state index in [4.69, 9.17) is 4.42 Å². The Labute approximate surface area is 141 Å². The minimum absolute atomic E-state index is 0.00214. The summed E-state index contributed by atoms with van der Waals surface area (Å²) in [5.74, 6) is 0.692. The SMILES string of the molecule is Cc1ccc(O)cc1-c1oc2c(C)c(C)c(C)c(C)c2c(=O)c1C. The van der Waals surface area contributed by atoms with E-state index in [0.717, 1.165) is 33.4 Å². The Morgan fingerprint density at radius 2 is 1.46 bits per heavy atom. The molecule has 0 saturated heterocycles. The number of phenolic OH excluding ortho intramolecular Hbond substituents is 1. The maximum atomic E-state index is 13.0. The van der Waals surface area contributed by atoms with Gasteiger partial charge in [0.1, 0.15) is 17.1 Å². The van der Waals surface area contributed by atoms with Crippen molar-refractivity contribution in [3.8, 4) is 17.1 Å². The van der Waals surface area contributed by atoms with Crippen molar-refractivity contribution in [3.05, 3.63) is 61.8 Å². The van der Waals surface area contributed by atoms with E-state index in [1.165, 1.54) is 0 Å². The fraction of sp³-hybridized carbons (Fsp3) is 0.286. The molecular formula is C21H22O3. The fourth-order valence-electron chi connectivity index (χ4n) is 3.26. The molecule has 0 fully saturated rings. The summed E-state index contributed by atoms with van der Waals surface area (Å²) in [5, 5.41) is 10.5. The molecule has 0 aliphatic rings. The number of fused-ring (bicyclic) bond motifs is 1. The fourth-order valence-corrected chi connectivity index (χ4v) is 3.26. The van der Waals surface area contributed by atoms with Crippen LogP contribution in [0, 0.1) is 41.5 Å². The lowest BCUT2D eigenvalue weighted by atomic mass is 9.93. The van der Waals surface area contributed by atoms with Crippen LogP contribution in [0.2, 0.25) is 0 Å². The molecular weight excluding hydrogens is 300 g/mol. The van der Waals surface area contributed by atoms with Gasteiger partial charge in [-0.1, -0.05) is 6.07 Å². The number of aryl methyl sites for hydroxylation is 3. The van der Waals surface area contributed by atoms with Crippen molar-refractivity contribution in [2.24, 2.45) is 0 Å². The van der Waals surface area contributed by atoms with Crippen molar-refractivity contribution in [1.29, 1.82) is 0 Å². The molecule has 124 valence electrons. The minimum atomic E-state index is -0.00214. The molecule has 1 aromatic heterocycles. The summed E-state index contributed by atoms with van der Waals surface area (Å²) >= 11 is 0. The van der Waals surface area contributed by atoms with Crippen LogP contribution in [-0.2, 0) is 0 Å². The molecule has 0 saturated carbocycles. The highest BCUT2D eigenvalue weighted by Gasteiger charge is 2.19. The van der Waals surface area contributed by atoms with Gasteiger partial charge in [-0.3, -0.25) is 4.79 Å². The zero-order chi connectivity index (χ0) is 17.8. The van der Waals surface area contributed by atoms with Gasteiger partial charge in [-0.05, 0) is 81.5 Å². The van der Waals surface area contributed by atoms with E-state index in [1.54, 1.807) is 19.1 Å². The van der Waals surface area contributed by atoms with E-state index in [1.807, 2.05) is 33.8 Å². The van der Waals surface area contributed by atoms with Gasteiger partial charge in [0, 0.05) is 11.1 Å². The molecule has 0 spiro atoms. The monoisotopic (exact) mass is 322 g/mol. The molecule has 1 heterocycles. The summed E-state index contributed by atoms with van der Waals surface area (Å²) in [5.41, 5.74) is 7.16. The standard InChI is InChI=1S/C21H22O3/c1-10-7-8-16(22)9-17(10)20-15(6)19(23)18-13(4)11(2)12(3)14(5)21(18)24-20/h7-9,22H,1-6H3. The Morgan fingerprint density at radius 3 is 2.12 bits per heavy atom. The predicted molar refractivity (Wildman–Crippen MR) is 98.0 cm³/mol. The number of rotatable bonds is 1. The van der Waals surface area contributed by atoms with Crippen LogP contribution >= 0.6 is 0 Å². The van der Waals surface area contributed by atoms with Crippen molar-refractivity contribution < 1.29 is 9.52 Å². The number of hydrogen-bond donors (Lipinski definition) is 1. The van der Waals surface area contributed by atoms with Gasteiger partial charge in [-0.15, -0.1) is 0 Å². The van der Waals surface area contributed by atoms with E-state index in [0.29, 0.717) is 22.3 Å². The predicted octanol–water partition coefficient (Wildman–Crippen LogP) is 5.02. The van der Waals surface area contributed by atoms with Gasteiger partial charge in [0.05, 0.1) is 5.39 Å². The van der Waals surface area contributed by atoms with Gasteiger partial charge in [0.25, 0.3) is 0 Å². The second kappa shape index (κ2) is 5.52. The molecule has 3 heteroatoms. The van der Waals surface area contributed by atoms with Gasteiger partial charge in [0.2, 0.25) is 0 Å². The number of phenols is 1. The molecule has 0 bridgehead atoms. The van der Waals surface area contributed by atoms with Crippen LogP contribution in [0.1, 0.15) is 33.4 Å². The second-order valence-corrected chi connectivity index (χ2v) is 6.59. The highest BCUT2D eigenvalue weighted by molar-refractivity contribution is 5.88. The van der Waals surface area contributed by atoms with Crippen LogP contribution < -0.4 is 5.43 Å². The van der Waals surface area contributed by atoms with Crippen molar-refractivity contribution in [1.82, 2.24) is 0 Å². The van der Waals surface area contributed by atoms with Crippen LogP contribution in [0.25, 0.3) is 22.3 Å². The lowest BCUT2D eigenvalue weighted by Crippen LogP contribution is -2.11. The smallest absolute Gasteiger partial charge is 0.196 e. The Balaban J connectivity index is 2.52. The molecule has 2 aromatic carbocycles. The highest BCUT2D eigenvalue weighted by atomic mass is 16.3. The molecule has 3 rings (SSSR count). The quantitative estimate of drug-likeness (QED) is 0.684. The summed E-state index contributed by atoms with van der Waals surface area (Å²) in [6.07, 6.45) is 0.